The number of halogens is 1. The number of H-pyrrole nitrogens is 1. The Balaban J connectivity index is 2.04. The van der Waals surface area contributed by atoms with Crippen LogP contribution in [0.25, 0.3) is 28.2 Å². The summed E-state index contributed by atoms with van der Waals surface area (Å²) in [6.45, 7) is 1.93. The Morgan fingerprint density at radius 3 is 2.37 bits per heavy atom. The number of nitrogens with two attached hydrogens (primary N) is 1. The Morgan fingerprint density at radius 2 is 1.74 bits per heavy atom. The summed E-state index contributed by atoms with van der Waals surface area (Å²) in [6, 6.07) is 12.8. The molecule has 4 rings (SSSR count). The standard InChI is InChI=1S/C19H14FN5O2/c1-10-2-8-13(9-3-10)25-18-15(23-19(25)27)14(16(21)26)22-17(24-18)11-4-6-12(20)7-5-11/h2-9H,1H3,(H2,21,26)(H,23,27). The largest absolute Gasteiger partial charge is 0.364 e. The van der Waals surface area contributed by atoms with E-state index in [9.17, 15) is 14.0 Å². The van der Waals surface area contributed by atoms with E-state index in [1.54, 1.807) is 12.1 Å². The van der Waals surface area contributed by atoms with Crippen molar-refractivity contribution >= 4 is 17.1 Å². The summed E-state index contributed by atoms with van der Waals surface area (Å²) in [5.74, 6) is -1.05. The number of hydrogen-bond acceptors (Lipinski definition) is 4. The average molecular weight is 363 g/mol. The zero-order chi connectivity index (χ0) is 19.1. The third-order valence-corrected chi connectivity index (χ3v) is 4.16. The molecule has 1 amide bonds. The smallest absolute Gasteiger partial charge is 0.332 e. The first-order valence-corrected chi connectivity index (χ1v) is 8.09. The van der Waals surface area contributed by atoms with Crippen molar-refractivity contribution < 1.29 is 9.18 Å². The van der Waals surface area contributed by atoms with E-state index >= 15 is 0 Å². The van der Waals surface area contributed by atoms with Gasteiger partial charge in [0.2, 0.25) is 0 Å². The lowest BCUT2D eigenvalue weighted by Crippen LogP contribution is -2.15. The van der Waals surface area contributed by atoms with Gasteiger partial charge in [0, 0.05) is 5.56 Å². The molecular formula is C19H14FN5O2. The van der Waals surface area contributed by atoms with Gasteiger partial charge in [0.15, 0.2) is 17.2 Å². The number of aromatic nitrogens is 4. The number of fused-ring (bicyclic) bond motifs is 1. The molecular weight excluding hydrogens is 349 g/mol. The maximum absolute atomic E-state index is 13.2. The molecule has 0 saturated heterocycles. The first-order chi connectivity index (χ1) is 12.9. The van der Waals surface area contributed by atoms with Crippen molar-refractivity contribution in [2.75, 3.05) is 0 Å². The predicted octanol–water partition coefficient (Wildman–Crippen LogP) is 2.32. The number of nitrogens with one attached hydrogen (secondary N) is 1. The summed E-state index contributed by atoms with van der Waals surface area (Å²) < 4.78 is 14.6. The van der Waals surface area contributed by atoms with Crippen molar-refractivity contribution in [3.63, 3.8) is 0 Å². The number of carbonyl (C=O) groups excluding carboxylic acids is 1. The number of imidazole rings is 1. The van der Waals surface area contributed by atoms with Crippen molar-refractivity contribution in [1.82, 2.24) is 19.5 Å². The minimum Gasteiger partial charge on any atom is -0.364 e. The van der Waals surface area contributed by atoms with Gasteiger partial charge in [-0.25, -0.2) is 23.7 Å². The Kier molecular flexibility index (Phi) is 3.80. The fourth-order valence-corrected chi connectivity index (χ4v) is 2.82. The molecule has 2 aromatic carbocycles. The monoisotopic (exact) mass is 363 g/mol. The number of nitrogens with zero attached hydrogens (tertiary/aromatic N) is 3. The van der Waals surface area contributed by atoms with Crippen LogP contribution < -0.4 is 11.4 Å². The van der Waals surface area contributed by atoms with Gasteiger partial charge in [0.05, 0.1) is 5.69 Å². The number of aryl methyl sites for hydroxylation is 1. The van der Waals surface area contributed by atoms with Crippen LogP contribution in [0.2, 0.25) is 0 Å². The minimum absolute atomic E-state index is 0.109. The van der Waals surface area contributed by atoms with Crippen LogP contribution in [0.5, 0.6) is 0 Å². The molecule has 27 heavy (non-hydrogen) atoms. The summed E-state index contributed by atoms with van der Waals surface area (Å²) in [6.07, 6.45) is 0. The number of aromatic amines is 1. The molecule has 0 aliphatic heterocycles. The molecule has 0 bridgehead atoms. The molecule has 0 atom stereocenters. The van der Waals surface area contributed by atoms with E-state index in [0.717, 1.165) is 5.56 Å². The zero-order valence-electron chi connectivity index (χ0n) is 14.2. The second-order valence-electron chi connectivity index (χ2n) is 6.07. The maximum Gasteiger partial charge on any atom is 0.332 e. The molecule has 2 heterocycles. The molecule has 0 saturated carbocycles. The van der Waals surface area contributed by atoms with Gasteiger partial charge in [-0.05, 0) is 43.3 Å². The van der Waals surface area contributed by atoms with Gasteiger partial charge >= 0.3 is 5.69 Å². The first-order valence-electron chi connectivity index (χ1n) is 8.09. The highest BCUT2D eigenvalue weighted by Gasteiger charge is 2.20. The molecule has 0 fully saturated rings. The molecule has 0 aliphatic carbocycles. The van der Waals surface area contributed by atoms with Crippen LogP contribution in [-0.2, 0) is 0 Å². The quantitative estimate of drug-likeness (QED) is 0.582. The van der Waals surface area contributed by atoms with Gasteiger partial charge < -0.3 is 10.7 Å². The van der Waals surface area contributed by atoms with E-state index in [1.807, 2.05) is 19.1 Å². The fourth-order valence-electron chi connectivity index (χ4n) is 2.82. The third-order valence-electron chi connectivity index (χ3n) is 4.16. The SMILES string of the molecule is Cc1ccc(-n2c(=O)[nH]c3c(C(N)=O)nc(-c4ccc(F)cc4)nc32)cc1. The Hall–Kier alpha value is -3.81. The zero-order valence-corrected chi connectivity index (χ0v) is 14.2. The lowest BCUT2D eigenvalue weighted by atomic mass is 10.2. The fraction of sp³-hybridized carbons (Fsp3) is 0.0526. The molecule has 0 radical (unpaired) electrons. The lowest BCUT2D eigenvalue weighted by Gasteiger charge is -2.07. The van der Waals surface area contributed by atoms with Gasteiger partial charge in [-0.15, -0.1) is 0 Å². The summed E-state index contributed by atoms with van der Waals surface area (Å²) in [5.41, 5.74) is 7.34. The van der Waals surface area contributed by atoms with E-state index in [1.165, 1.54) is 28.8 Å². The molecule has 2 aromatic heterocycles. The van der Waals surface area contributed by atoms with Crippen LogP contribution >= 0.6 is 0 Å². The van der Waals surface area contributed by atoms with Gasteiger partial charge in [-0.1, -0.05) is 17.7 Å². The van der Waals surface area contributed by atoms with E-state index < -0.39 is 17.4 Å². The molecule has 4 aromatic rings. The van der Waals surface area contributed by atoms with E-state index in [2.05, 4.69) is 15.0 Å². The lowest BCUT2D eigenvalue weighted by molar-refractivity contribution is 0.0997. The van der Waals surface area contributed by atoms with Crippen LogP contribution in [0.4, 0.5) is 4.39 Å². The molecule has 0 spiro atoms. The molecule has 0 aliphatic rings. The van der Waals surface area contributed by atoms with E-state index in [-0.39, 0.29) is 22.7 Å². The number of hydrogen-bond donors (Lipinski definition) is 2. The molecule has 8 heteroatoms. The Bertz CT molecular complexity index is 1220. The van der Waals surface area contributed by atoms with Crippen LogP contribution in [0.15, 0.2) is 53.3 Å². The first kappa shape index (κ1) is 16.6. The topological polar surface area (TPSA) is 107 Å². The number of amides is 1. The number of carbonyl (C=O) groups is 1. The highest BCUT2D eigenvalue weighted by Crippen LogP contribution is 2.22. The predicted molar refractivity (Wildman–Crippen MR) is 98.1 cm³/mol. The van der Waals surface area contributed by atoms with Gasteiger partial charge in [-0.3, -0.25) is 4.79 Å². The summed E-state index contributed by atoms with van der Waals surface area (Å²) in [5, 5.41) is 0. The van der Waals surface area contributed by atoms with E-state index in [4.69, 9.17) is 5.73 Å². The number of benzene rings is 2. The highest BCUT2D eigenvalue weighted by atomic mass is 19.1. The normalized spacial score (nSPS) is 11.0. The summed E-state index contributed by atoms with van der Waals surface area (Å²) >= 11 is 0. The Labute approximate surface area is 152 Å². The average Bonchev–Trinajstić information content (AvgIpc) is 2.98. The van der Waals surface area contributed by atoms with Gasteiger partial charge in [-0.2, -0.15) is 0 Å². The van der Waals surface area contributed by atoms with Crippen molar-refractivity contribution in [3.05, 3.63) is 76.1 Å². The van der Waals surface area contributed by atoms with Crippen molar-refractivity contribution in [2.24, 2.45) is 5.73 Å². The molecule has 134 valence electrons. The van der Waals surface area contributed by atoms with Gasteiger partial charge in [0.25, 0.3) is 5.91 Å². The highest BCUT2D eigenvalue weighted by molar-refractivity contribution is 6.02. The van der Waals surface area contributed by atoms with Crippen LogP contribution in [0.1, 0.15) is 16.1 Å². The second-order valence-corrected chi connectivity index (χ2v) is 6.07. The van der Waals surface area contributed by atoms with Crippen molar-refractivity contribution in [2.45, 2.75) is 6.92 Å². The molecule has 0 unspecified atom stereocenters. The van der Waals surface area contributed by atoms with Crippen LogP contribution in [-0.4, -0.2) is 25.4 Å². The second kappa shape index (κ2) is 6.17. The minimum atomic E-state index is -0.803. The number of primary amides is 1. The van der Waals surface area contributed by atoms with Crippen molar-refractivity contribution in [1.29, 1.82) is 0 Å². The van der Waals surface area contributed by atoms with Crippen molar-refractivity contribution in [3.8, 4) is 17.1 Å². The molecule has 3 N–H and O–H groups in total. The number of rotatable bonds is 3. The van der Waals surface area contributed by atoms with Crippen LogP contribution in [0, 0.1) is 12.7 Å². The molecule has 7 nitrogen and oxygen atoms in total. The summed E-state index contributed by atoms with van der Waals surface area (Å²) in [7, 11) is 0. The van der Waals surface area contributed by atoms with Gasteiger partial charge in [0.1, 0.15) is 11.3 Å². The van der Waals surface area contributed by atoms with E-state index in [0.29, 0.717) is 11.3 Å². The summed E-state index contributed by atoms with van der Waals surface area (Å²) in [4.78, 5) is 35.6. The Morgan fingerprint density at radius 1 is 1.07 bits per heavy atom. The maximum atomic E-state index is 13.2. The van der Waals surface area contributed by atoms with Crippen LogP contribution in [0.3, 0.4) is 0 Å². The third kappa shape index (κ3) is 2.86.